The zero-order chi connectivity index (χ0) is 17.9. The summed E-state index contributed by atoms with van der Waals surface area (Å²) in [6.07, 6.45) is 2.65. The minimum atomic E-state index is -0.431. The van der Waals surface area contributed by atoms with Crippen molar-refractivity contribution in [3.63, 3.8) is 0 Å². The normalized spacial score (nSPS) is 11.1. The number of rotatable bonds is 6. The molecule has 3 heterocycles. The highest BCUT2D eigenvalue weighted by atomic mass is 32.1. The summed E-state index contributed by atoms with van der Waals surface area (Å²) in [7, 11) is 0. The van der Waals surface area contributed by atoms with Crippen molar-refractivity contribution in [1.82, 2.24) is 30.1 Å². The second kappa shape index (κ2) is 6.96. The molecule has 26 heavy (non-hydrogen) atoms. The first-order valence-electron chi connectivity index (χ1n) is 8.11. The van der Waals surface area contributed by atoms with Crippen molar-refractivity contribution in [1.29, 1.82) is 0 Å². The van der Waals surface area contributed by atoms with Crippen molar-refractivity contribution < 1.29 is 4.79 Å². The molecule has 132 valence electrons. The molecule has 0 unspecified atom stereocenters. The van der Waals surface area contributed by atoms with Gasteiger partial charge in [-0.05, 0) is 46.0 Å². The van der Waals surface area contributed by atoms with Crippen LogP contribution in [0.5, 0.6) is 0 Å². The molecule has 0 radical (unpaired) electrons. The number of fused-ring (bicyclic) bond motifs is 1. The maximum absolute atomic E-state index is 12.2. The maximum atomic E-state index is 12.2. The summed E-state index contributed by atoms with van der Waals surface area (Å²) in [5, 5.41) is 14.1. The van der Waals surface area contributed by atoms with Crippen LogP contribution in [0.2, 0.25) is 0 Å². The van der Waals surface area contributed by atoms with Crippen molar-refractivity contribution in [3.05, 3.63) is 64.0 Å². The maximum Gasteiger partial charge on any atom is 0.369 e. The molecule has 1 aromatic carbocycles. The number of carbonyl (C=O) groups is 1. The third-order valence-corrected chi connectivity index (χ3v) is 4.88. The van der Waals surface area contributed by atoms with E-state index in [1.165, 1.54) is 16.0 Å². The Balaban J connectivity index is 1.35. The smallest absolute Gasteiger partial charge is 0.361 e. The average molecular weight is 368 g/mol. The van der Waals surface area contributed by atoms with Gasteiger partial charge in [-0.2, -0.15) is 9.36 Å². The number of nitrogens with one attached hydrogen (secondary N) is 2. The quantitative estimate of drug-likeness (QED) is 0.536. The molecule has 0 spiro atoms. The van der Waals surface area contributed by atoms with E-state index in [4.69, 9.17) is 0 Å². The lowest BCUT2D eigenvalue weighted by Crippen LogP contribution is -2.34. The highest BCUT2D eigenvalue weighted by Crippen LogP contribution is 2.17. The van der Waals surface area contributed by atoms with E-state index in [2.05, 4.69) is 20.7 Å². The van der Waals surface area contributed by atoms with Crippen molar-refractivity contribution in [3.8, 4) is 5.00 Å². The molecule has 0 bridgehead atoms. The first-order chi connectivity index (χ1) is 12.7. The number of carbonyl (C=O) groups excluding carboxylic acids is 1. The number of amides is 1. The van der Waals surface area contributed by atoms with Gasteiger partial charge in [0.25, 0.3) is 0 Å². The fraction of sp³-hybridized carbons (Fsp3) is 0.176. The second-order valence-corrected chi connectivity index (χ2v) is 6.67. The molecule has 0 aliphatic carbocycles. The third-order valence-electron chi connectivity index (χ3n) is 4.04. The van der Waals surface area contributed by atoms with E-state index in [1.54, 1.807) is 6.07 Å². The van der Waals surface area contributed by atoms with Gasteiger partial charge in [0.05, 0.1) is 0 Å². The van der Waals surface area contributed by atoms with Crippen LogP contribution in [0, 0.1) is 0 Å². The van der Waals surface area contributed by atoms with Crippen LogP contribution in [-0.2, 0) is 17.8 Å². The second-order valence-electron chi connectivity index (χ2n) is 5.74. The topological polar surface area (TPSA) is 97.6 Å². The Morgan fingerprint density at radius 3 is 2.92 bits per heavy atom. The monoisotopic (exact) mass is 368 g/mol. The molecule has 9 heteroatoms. The summed E-state index contributed by atoms with van der Waals surface area (Å²) in [5.74, 6) is -0.273. The number of benzene rings is 1. The molecule has 0 saturated heterocycles. The summed E-state index contributed by atoms with van der Waals surface area (Å²) in [4.78, 5) is 27.5. The molecule has 2 N–H and O–H groups in total. The number of tetrazole rings is 1. The van der Waals surface area contributed by atoms with Gasteiger partial charge in [0, 0.05) is 23.6 Å². The number of hydrogen-bond donors (Lipinski definition) is 2. The van der Waals surface area contributed by atoms with Gasteiger partial charge in [-0.1, -0.05) is 18.2 Å². The minimum absolute atomic E-state index is 0.155. The van der Waals surface area contributed by atoms with Crippen LogP contribution < -0.4 is 11.0 Å². The van der Waals surface area contributed by atoms with Gasteiger partial charge in [0.2, 0.25) is 5.91 Å². The first kappa shape index (κ1) is 16.3. The van der Waals surface area contributed by atoms with Gasteiger partial charge >= 0.3 is 5.69 Å². The zero-order valence-corrected chi connectivity index (χ0v) is 14.6. The molecule has 0 aliphatic heterocycles. The van der Waals surface area contributed by atoms with E-state index in [0.717, 1.165) is 21.1 Å². The molecule has 0 saturated carbocycles. The molecular formula is C17H16N6O2S. The Morgan fingerprint density at radius 2 is 2.08 bits per heavy atom. The summed E-state index contributed by atoms with van der Waals surface area (Å²) in [6, 6.07) is 11.6. The van der Waals surface area contributed by atoms with Gasteiger partial charge in [-0.25, -0.2) is 4.79 Å². The van der Waals surface area contributed by atoms with Crippen LogP contribution in [0.25, 0.3) is 15.9 Å². The largest absolute Gasteiger partial charge is 0.369 e. The number of para-hydroxylation sites is 1. The summed E-state index contributed by atoms with van der Waals surface area (Å²) in [6.45, 7) is 0.326. The first-order valence-corrected chi connectivity index (χ1v) is 8.99. The van der Waals surface area contributed by atoms with Crippen LogP contribution >= 0.6 is 11.3 Å². The predicted octanol–water partition coefficient (Wildman–Crippen LogP) is 1.33. The fourth-order valence-electron chi connectivity index (χ4n) is 2.77. The van der Waals surface area contributed by atoms with E-state index in [-0.39, 0.29) is 12.5 Å². The van der Waals surface area contributed by atoms with Crippen LogP contribution in [0.15, 0.2) is 52.8 Å². The standard InChI is InChI=1S/C17H16N6O2S/c24-15(11-22-17(25)23(21-20-22)16-6-3-9-26-16)18-8-7-12-10-19-14-5-2-1-4-13(12)14/h1-6,9-10,19H,7-8,11H2,(H,18,24). The average Bonchev–Trinajstić information content (AvgIpc) is 3.37. The minimum Gasteiger partial charge on any atom is -0.361 e. The summed E-state index contributed by atoms with van der Waals surface area (Å²) < 4.78 is 2.24. The number of aromatic amines is 1. The SMILES string of the molecule is O=C(Cn1nnn(-c2cccs2)c1=O)NCCc1c[nH]c2ccccc12. The lowest BCUT2D eigenvalue weighted by molar-refractivity contribution is -0.121. The van der Waals surface area contributed by atoms with E-state index < -0.39 is 5.69 Å². The Morgan fingerprint density at radius 1 is 1.19 bits per heavy atom. The number of H-pyrrole nitrogens is 1. The van der Waals surface area contributed by atoms with Crippen molar-refractivity contribution in [2.24, 2.45) is 0 Å². The van der Waals surface area contributed by atoms with Gasteiger partial charge in [-0.3, -0.25) is 4.79 Å². The Kier molecular flexibility index (Phi) is 4.36. The molecule has 1 amide bonds. The van der Waals surface area contributed by atoms with E-state index in [0.29, 0.717) is 18.0 Å². The van der Waals surface area contributed by atoms with Crippen LogP contribution in [0.3, 0.4) is 0 Å². The number of thiophene rings is 1. The lowest BCUT2D eigenvalue weighted by Gasteiger charge is -2.04. The third kappa shape index (κ3) is 3.16. The molecule has 3 aromatic heterocycles. The van der Waals surface area contributed by atoms with Gasteiger partial charge in [0.15, 0.2) is 0 Å². The van der Waals surface area contributed by atoms with E-state index >= 15 is 0 Å². The van der Waals surface area contributed by atoms with E-state index in [1.807, 2.05) is 41.9 Å². The zero-order valence-electron chi connectivity index (χ0n) is 13.8. The van der Waals surface area contributed by atoms with Gasteiger partial charge < -0.3 is 10.3 Å². The molecular weight excluding hydrogens is 352 g/mol. The Hall–Kier alpha value is -3.20. The Labute approximate surface area is 152 Å². The van der Waals surface area contributed by atoms with Crippen LogP contribution in [0.4, 0.5) is 0 Å². The summed E-state index contributed by atoms with van der Waals surface area (Å²) >= 11 is 1.38. The highest BCUT2D eigenvalue weighted by Gasteiger charge is 2.12. The summed E-state index contributed by atoms with van der Waals surface area (Å²) in [5.41, 5.74) is 1.78. The number of nitrogens with zero attached hydrogens (tertiary/aromatic N) is 4. The number of hydrogen-bond acceptors (Lipinski definition) is 5. The van der Waals surface area contributed by atoms with Gasteiger partial charge in [-0.15, -0.1) is 11.3 Å². The molecule has 4 aromatic rings. The molecule has 0 atom stereocenters. The number of aromatic nitrogens is 5. The highest BCUT2D eigenvalue weighted by molar-refractivity contribution is 7.12. The molecule has 8 nitrogen and oxygen atoms in total. The predicted molar refractivity (Wildman–Crippen MR) is 98.5 cm³/mol. The van der Waals surface area contributed by atoms with Crippen molar-refractivity contribution >= 4 is 28.1 Å². The molecule has 0 fully saturated rings. The van der Waals surface area contributed by atoms with Crippen LogP contribution in [-0.4, -0.2) is 37.2 Å². The van der Waals surface area contributed by atoms with Crippen molar-refractivity contribution in [2.45, 2.75) is 13.0 Å². The lowest BCUT2D eigenvalue weighted by atomic mass is 10.1. The Bertz CT molecular complexity index is 1090. The molecule has 4 rings (SSSR count). The van der Waals surface area contributed by atoms with Crippen molar-refractivity contribution in [2.75, 3.05) is 6.54 Å². The fourth-order valence-corrected chi connectivity index (χ4v) is 3.44. The van der Waals surface area contributed by atoms with E-state index in [9.17, 15) is 9.59 Å². The van der Waals surface area contributed by atoms with Crippen LogP contribution in [0.1, 0.15) is 5.56 Å². The van der Waals surface area contributed by atoms with Gasteiger partial charge in [0.1, 0.15) is 11.5 Å². The molecule has 0 aliphatic rings.